The number of thioether (sulfide) groups is 1. The molecule has 0 bridgehead atoms. The average Bonchev–Trinajstić information content (AvgIpc) is 3.86. The van der Waals surface area contributed by atoms with E-state index in [2.05, 4.69) is 102 Å². The van der Waals surface area contributed by atoms with E-state index >= 15 is 0 Å². The maximum absolute atomic E-state index is 12.7. The second-order valence-corrected chi connectivity index (χ2v) is 21.6. The number of aliphatic hydroxyl groups is 2. The average molecular weight is 1130 g/mol. The molecule has 19 N–H and O–H groups in total. The number of hydrogen-bond acceptors (Lipinski definition) is 21. The highest BCUT2D eigenvalue weighted by atomic mass is 32.2. The van der Waals surface area contributed by atoms with E-state index in [0.717, 1.165) is 67.5 Å². The molecule has 1 aliphatic rings. The summed E-state index contributed by atoms with van der Waals surface area (Å²) in [5.41, 5.74) is 4.27. The highest BCUT2D eigenvalue weighted by Gasteiger charge is 2.50. The number of aliphatic hydroxyl groups excluding tert-OH is 2. The lowest BCUT2D eigenvalue weighted by atomic mass is 9.87. The minimum Gasteiger partial charge on any atom is -0.386 e. The molecule has 0 spiro atoms. The smallest absolute Gasteiger partial charge is 0.386 e. The van der Waals surface area contributed by atoms with Crippen LogP contribution in [-0.2, 0) is 50.7 Å². The van der Waals surface area contributed by atoms with Crippen molar-refractivity contribution in [2.24, 2.45) is 5.41 Å². The number of phosphoric acid groups is 3. The molecule has 2 amide bonds. The molecule has 3 heterocycles. The predicted octanol–water partition coefficient (Wildman–Crippen LogP) is 5.63. The van der Waals surface area contributed by atoms with Crippen LogP contribution in [0.15, 0.2) is 85.6 Å². The Kier molecular flexibility index (Phi) is 33.3. The zero-order valence-electron chi connectivity index (χ0n) is 41.8. The molecule has 0 aliphatic carbocycles. The molecular weight excluding hydrogens is 1050 g/mol. The van der Waals surface area contributed by atoms with Crippen LogP contribution in [0.2, 0.25) is 0 Å². The number of amides is 2. The van der Waals surface area contributed by atoms with Gasteiger partial charge in [-0.15, -0.1) is 0 Å². The summed E-state index contributed by atoms with van der Waals surface area (Å²) in [6.07, 6.45) is 24.9. The number of phosphoric ester groups is 3. The third-order valence-electron chi connectivity index (χ3n) is 9.88. The van der Waals surface area contributed by atoms with Crippen LogP contribution in [0.1, 0.15) is 84.8 Å². The van der Waals surface area contributed by atoms with Gasteiger partial charge in [0.25, 0.3) is 0 Å². The second-order valence-electron chi connectivity index (χ2n) is 16.2. The van der Waals surface area contributed by atoms with Crippen LogP contribution in [-0.4, -0.2) is 123 Å². The van der Waals surface area contributed by atoms with Gasteiger partial charge in [0.15, 0.2) is 22.8 Å². The van der Waals surface area contributed by atoms with Gasteiger partial charge in [0, 0.05) is 37.1 Å². The van der Waals surface area contributed by atoms with E-state index in [-0.39, 0.29) is 60.1 Å². The number of nitrogens with zero attached hydrogens (tertiary/aromatic N) is 4. The summed E-state index contributed by atoms with van der Waals surface area (Å²) >= 11 is 1.09. The molecule has 2 aromatic heterocycles. The standard InChI is InChI=1S/C43H66N7O17P3S.3H3N/c1-4-5-6-7-8-9-10-11-12-13-14-15-16-17-18-19-20-21-22-23-34(52)71-27-26-45-33(51)24-25-46-41(55)38(54)43(2,3)29-64-70(61,62)67-69(59,60)63-28-32-37(66-68(56,57)58)36(53)42(65-32)50-31-49-35-39(44)47-30-48-40(35)50;;;/h5-6,8-9,11-12,14-15,17-18,20-21,30-32,36-38,42,53-54H,4,7,10,13,16,19,22-29H2,1-3H3,(H,45,51)(H,46,55)(H,59,60)(H,61,62)(H2,44,47,48)(H2,56,57,58);3*1H3/b6-5+,9-8+,12-11+,15-14+,18-17+,21-20+;;;/t32-,36-,37-,38+,42-;;;/m1.../s1. The van der Waals surface area contributed by atoms with Crippen LogP contribution in [0, 0.1) is 5.41 Å². The van der Waals surface area contributed by atoms with E-state index in [1.807, 2.05) is 12.2 Å². The Labute approximate surface area is 434 Å². The van der Waals surface area contributed by atoms with Crippen molar-refractivity contribution in [1.82, 2.24) is 48.6 Å². The molecule has 27 nitrogen and oxygen atoms in total. The molecule has 0 saturated carbocycles. The fourth-order valence-corrected chi connectivity index (χ4v) is 9.73. The first kappa shape index (κ1) is 69.9. The number of nitrogen functional groups attached to an aromatic ring is 1. The van der Waals surface area contributed by atoms with Gasteiger partial charge in [-0.05, 0) is 44.9 Å². The van der Waals surface area contributed by atoms with Crippen molar-refractivity contribution in [3.63, 3.8) is 0 Å². The Hall–Kier alpha value is -4.12. The van der Waals surface area contributed by atoms with Crippen LogP contribution in [0.4, 0.5) is 5.82 Å². The van der Waals surface area contributed by atoms with Crippen LogP contribution in [0.5, 0.6) is 0 Å². The van der Waals surface area contributed by atoms with Gasteiger partial charge in [0.2, 0.25) is 11.8 Å². The number of imidazole rings is 1. The van der Waals surface area contributed by atoms with Crippen LogP contribution < -0.4 is 34.8 Å². The number of anilines is 1. The molecule has 2 unspecified atom stereocenters. The zero-order valence-corrected chi connectivity index (χ0v) is 45.3. The van der Waals surface area contributed by atoms with E-state index in [4.69, 9.17) is 19.5 Å². The molecular formula is C43H75N10O17P3S. The minimum absolute atomic E-state index is 0. The van der Waals surface area contributed by atoms with Crippen molar-refractivity contribution >= 4 is 69.1 Å². The number of rotatable bonds is 33. The third kappa shape index (κ3) is 26.6. The Balaban J connectivity index is 0.0000178. The van der Waals surface area contributed by atoms with E-state index in [1.54, 1.807) is 0 Å². The fraction of sp³-hybridized carbons (Fsp3) is 0.535. The van der Waals surface area contributed by atoms with E-state index in [1.165, 1.54) is 13.8 Å². The van der Waals surface area contributed by atoms with Crippen molar-refractivity contribution in [2.45, 2.75) is 109 Å². The lowest BCUT2D eigenvalue weighted by Crippen LogP contribution is -2.46. The lowest BCUT2D eigenvalue weighted by Gasteiger charge is -2.30. The van der Waals surface area contributed by atoms with Crippen molar-refractivity contribution in [1.29, 1.82) is 0 Å². The quantitative estimate of drug-likeness (QED) is 0.0234. The molecule has 1 saturated heterocycles. The van der Waals surface area contributed by atoms with E-state index < -0.39 is 84.6 Å². The molecule has 3 rings (SSSR count). The molecule has 1 fully saturated rings. The predicted molar refractivity (Wildman–Crippen MR) is 280 cm³/mol. The van der Waals surface area contributed by atoms with Gasteiger partial charge >= 0.3 is 23.5 Å². The third-order valence-corrected chi connectivity index (χ3v) is 13.9. The van der Waals surface area contributed by atoms with Gasteiger partial charge in [-0.25, -0.2) is 28.6 Å². The first-order valence-electron chi connectivity index (χ1n) is 22.5. The number of allylic oxidation sites excluding steroid dienone is 12. The summed E-state index contributed by atoms with van der Waals surface area (Å²) in [4.78, 5) is 88.4. The van der Waals surface area contributed by atoms with Crippen LogP contribution >= 0.6 is 35.2 Å². The summed E-state index contributed by atoms with van der Waals surface area (Å²) in [6, 6.07) is 0. The van der Waals surface area contributed by atoms with Gasteiger partial charge in [-0.1, -0.05) is 105 Å². The topological polar surface area (TPSA) is 469 Å². The molecule has 0 radical (unpaired) electrons. The molecule has 74 heavy (non-hydrogen) atoms. The number of ether oxygens (including phenoxy) is 1. The number of carbonyl (C=O) groups is 3. The van der Waals surface area contributed by atoms with Crippen molar-refractivity contribution < 1.29 is 80.5 Å². The first-order chi connectivity index (χ1) is 33.6. The molecule has 31 heteroatoms. The molecule has 1 aliphatic heterocycles. The van der Waals surface area contributed by atoms with Crippen molar-refractivity contribution in [2.75, 3.05) is 37.8 Å². The van der Waals surface area contributed by atoms with Gasteiger partial charge < -0.3 is 69.3 Å². The summed E-state index contributed by atoms with van der Waals surface area (Å²) in [7, 11) is -16.4. The summed E-state index contributed by atoms with van der Waals surface area (Å²) in [5.74, 6) is -1.11. The molecule has 7 atom stereocenters. The van der Waals surface area contributed by atoms with E-state index in [9.17, 15) is 57.9 Å². The zero-order chi connectivity index (χ0) is 52.5. The first-order valence-corrected chi connectivity index (χ1v) is 28.0. The van der Waals surface area contributed by atoms with Crippen molar-refractivity contribution in [3.8, 4) is 0 Å². The molecule has 2 aromatic rings. The number of nitrogens with one attached hydrogen (secondary N) is 2. The summed E-state index contributed by atoms with van der Waals surface area (Å²) < 4.78 is 62.4. The lowest BCUT2D eigenvalue weighted by molar-refractivity contribution is -0.137. The number of carbonyl (C=O) groups excluding carboxylic acids is 3. The van der Waals surface area contributed by atoms with Crippen LogP contribution in [0.25, 0.3) is 11.2 Å². The molecule has 420 valence electrons. The number of aromatic nitrogens is 4. The second kappa shape index (κ2) is 35.3. The normalized spacial score (nSPS) is 19.5. The van der Waals surface area contributed by atoms with Crippen LogP contribution in [0.3, 0.4) is 0 Å². The molecule has 0 aromatic carbocycles. The van der Waals surface area contributed by atoms with Gasteiger partial charge in [0.1, 0.15) is 36.3 Å². The Morgan fingerprint density at radius 2 is 1.38 bits per heavy atom. The summed E-state index contributed by atoms with van der Waals surface area (Å²) in [6.45, 7) is 2.61. The van der Waals surface area contributed by atoms with Gasteiger partial charge in [-0.3, -0.25) is 32.5 Å². The number of nitrogens with two attached hydrogens (primary N) is 1. The highest BCUT2D eigenvalue weighted by molar-refractivity contribution is 8.13. The largest absolute Gasteiger partial charge is 0.481 e. The maximum Gasteiger partial charge on any atom is 0.481 e. The minimum atomic E-state index is -5.58. The fourth-order valence-electron chi connectivity index (χ4n) is 6.21. The Morgan fingerprint density at radius 1 is 0.824 bits per heavy atom. The highest BCUT2D eigenvalue weighted by Crippen LogP contribution is 2.61. The van der Waals surface area contributed by atoms with Gasteiger partial charge in [0.05, 0.1) is 19.5 Å². The maximum atomic E-state index is 12.7. The Bertz CT molecular complexity index is 2370. The summed E-state index contributed by atoms with van der Waals surface area (Å²) in [5, 5.41) is 26.6. The van der Waals surface area contributed by atoms with Crippen molar-refractivity contribution in [3.05, 3.63) is 85.6 Å². The Morgan fingerprint density at radius 3 is 1.95 bits per heavy atom. The SMILES string of the molecule is CC/C=C/C/C=C/C/C=C/C/C=C/C/C=C/C/C=C/CCC(=O)SCCNC(=O)CCNC(=O)[C@H](O)C(C)(C)COP(=O)(O)OP(=O)(O)OC[C@H]1O[C@@H](n2cnc3c(N)ncnc32)[C@H](O)[C@@H]1OP(=O)(O)O.N.N.N. The number of hydrogen-bond donors (Lipinski definition) is 12. The van der Waals surface area contributed by atoms with E-state index in [0.29, 0.717) is 18.6 Å². The number of fused-ring (bicyclic) bond motifs is 1. The van der Waals surface area contributed by atoms with Gasteiger partial charge in [-0.2, -0.15) is 4.31 Å². The monoisotopic (exact) mass is 1130 g/mol.